The van der Waals surface area contributed by atoms with Crippen molar-refractivity contribution in [1.82, 2.24) is 4.72 Å². The lowest BCUT2D eigenvalue weighted by molar-refractivity contribution is 0.136. The lowest BCUT2D eigenvalue weighted by Crippen LogP contribution is -2.35. The topological polar surface area (TPSA) is 66.4 Å². The molecule has 6 heteroatoms. The molecule has 0 bridgehead atoms. The molecule has 0 aliphatic heterocycles. The highest BCUT2D eigenvalue weighted by atomic mass is 127. The van der Waals surface area contributed by atoms with Crippen LogP contribution in [0.4, 0.5) is 0 Å². The molecular weight excluding hydrogens is 389 g/mol. The van der Waals surface area contributed by atoms with E-state index in [1.54, 1.807) is 24.3 Å². The van der Waals surface area contributed by atoms with Gasteiger partial charge in [0.25, 0.3) is 0 Å². The van der Waals surface area contributed by atoms with Crippen molar-refractivity contribution < 1.29 is 13.5 Å². The van der Waals surface area contributed by atoms with Gasteiger partial charge >= 0.3 is 0 Å². The zero-order chi connectivity index (χ0) is 14.6. The Hall–Kier alpha value is -0.180. The highest BCUT2D eigenvalue weighted by Crippen LogP contribution is 2.29. The summed E-state index contributed by atoms with van der Waals surface area (Å²) < 4.78 is 28.1. The lowest BCUT2D eigenvalue weighted by atomic mass is 9.80. The van der Waals surface area contributed by atoms with Crippen LogP contribution in [0.1, 0.15) is 25.7 Å². The maximum Gasteiger partial charge on any atom is 0.240 e. The van der Waals surface area contributed by atoms with Crippen LogP contribution in [-0.4, -0.2) is 26.7 Å². The van der Waals surface area contributed by atoms with Crippen molar-refractivity contribution in [2.24, 2.45) is 11.8 Å². The Bertz CT molecular complexity index is 530. The Kier molecular flexibility index (Phi) is 5.83. The second-order valence-corrected chi connectivity index (χ2v) is 8.31. The number of sulfonamides is 1. The number of nitrogens with one attached hydrogen (secondary N) is 1. The molecule has 0 saturated heterocycles. The summed E-state index contributed by atoms with van der Waals surface area (Å²) in [6.07, 6.45) is 4.23. The van der Waals surface area contributed by atoms with Gasteiger partial charge in [0.05, 0.1) is 4.90 Å². The van der Waals surface area contributed by atoms with Crippen molar-refractivity contribution in [2.75, 3.05) is 13.2 Å². The number of aliphatic hydroxyl groups is 1. The van der Waals surface area contributed by atoms with E-state index in [9.17, 15) is 13.5 Å². The van der Waals surface area contributed by atoms with Crippen LogP contribution in [0.3, 0.4) is 0 Å². The minimum Gasteiger partial charge on any atom is -0.396 e. The van der Waals surface area contributed by atoms with Crippen molar-refractivity contribution in [1.29, 1.82) is 0 Å². The van der Waals surface area contributed by atoms with Crippen LogP contribution in [0.25, 0.3) is 0 Å². The first-order valence-electron chi connectivity index (χ1n) is 6.89. The van der Waals surface area contributed by atoms with Gasteiger partial charge in [0, 0.05) is 16.7 Å². The van der Waals surface area contributed by atoms with Crippen LogP contribution in [0, 0.1) is 15.4 Å². The van der Waals surface area contributed by atoms with E-state index in [-0.39, 0.29) is 18.4 Å². The van der Waals surface area contributed by atoms with Crippen LogP contribution >= 0.6 is 22.6 Å². The minimum absolute atomic E-state index is 0.149. The normalized spacial score (nSPS) is 23.7. The van der Waals surface area contributed by atoms with E-state index in [1.807, 2.05) is 0 Å². The van der Waals surface area contributed by atoms with E-state index >= 15 is 0 Å². The molecule has 4 nitrogen and oxygen atoms in total. The van der Waals surface area contributed by atoms with Crippen LogP contribution in [0.5, 0.6) is 0 Å². The fourth-order valence-corrected chi connectivity index (χ4v) is 4.16. The molecule has 2 rings (SSSR count). The summed E-state index contributed by atoms with van der Waals surface area (Å²) in [4.78, 5) is 0.300. The summed E-state index contributed by atoms with van der Waals surface area (Å²) in [5, 5.41) is 9.36. The van der Waals surface area contributed by atoms with Crippen molar-refractivity contribution >= 4 is 32.6 Å². The molecule has 0 heterocycles. The second-order valence-electron chi connectivity index (χ2n) is 5.29. The third kappa shape index (κ3) is 4.16. The highest BCUT2D eigenvalue weighted by Gasteiger charge is 2.26. The van der Waals surface area contributed by atoms with Crippen molar-refractivity contribution in [3.63, 3.8) is 0 Å². The van der Waals surface area contributed by atoms with E-state index in [2.05, 4.69) is 27.3 Å². The summed E-state index contributed by atoms with van der Waals surface area (Å²) in [5.74, 6) is 0.468. The Morgan fingerprint density at radius 1 is 1.15 bits per heavy atom. The van der Waals surface area contributed by atoms with Gasteiger partial charge in [-0.15, -0.1) is 0 Å². The average molecular weight is 409 g/mol. The standard InChI is InChI=1S/C14H20INO3S/c15-13-5-7-14(8-6-13)20(18,19)16-9-11-3-1-2-4-12(11)10-17/h5-8,11-12,16-17H,1-4,9-10H2. The third-order valence-corrected chi connectivity index (χ3v) is 6.12. The molecule has 0 spiro atoms. The van der Waals surface area contributed by atoms with Gasteiger partial charge in [0.15, 0.2) is 0 Å². The molecule has 0 radical (unpaired) electrons. The second kappa shape index (κ2) is 7.20. The predicted octanol–water partition coefficient (Wildman–Crippen LogP) is 2.37. The first-order valence-corrected chi connectivity index (χ1v) is 9.45. The van der Waals surface area contributed by atoms with Crippen LogP contribution in [-0.2, 0) is 10.0 Å². The van der Waals surface area contributed by atoms with E-state index < -0.39 is 10.0 Å². The van der Waals surface area contributed by atoms with Gasteiger partial charge in [0.1, 0.15) is 0 Å². The Morgan fingerprint density at radius 2 is 1.75 bits per heavy atom. The van der Waals surface area contributed by atoms with Gasteiger partial charge in [-0.2, -0.15) is 0 Å². The van der Waals surface area contributed by atoms with E-state index in [0.29, 0.717) is 11.4 Å². The number of hydrogen-bond acceptors (Lipinski definition) is 3. The molecule has 1 aromatic rings. The molecule has 0 aromatic heterocycles. The molecular formula is C14H20INO3S. The summed E-state index contributed by atoms with van der Waals surface area (Å²) in [6.45, 7) is 0.565. The SMILES string of the molecule is O=S(=O)(NCC1CCCCC1CO)c1ccc(I)cc1. The van der Waals surface area contributed by atoms with Crippen molar-refractivity contribution in [3.8, 4) is 0 Å². The van der Waals surface area contributed by atoms with Gasteiger partial charge in [-0.25, -0.2) is 13.1 Å². The molecule has 20 heavy (non-hydrogen) atoms. The molecule has 0 amide bonds. The van der Waals surface area contributed by atoms with Crippen LogP contribution < -0.4 is 4.72 Å². The van der Waals surface area contributed by atoms with Gasteiger partial charge < -0.3 is 5.11 Å². The number of rotatable bonds is 5. The fraction of sp³-hybridized carbons (Fsp3) is 0.571. The molecule has 1 aliphatic carbocycles. The Balaban J connectivity index is 1.99. The van der Waals surface area contributed by atoms with Gasteiger partial charge in [0.2, 0.25) is 10.0 Å². The first kappa shape index (κ1) is 16.2. The molecule has 1 saturated carbocycles. The van der Waals surface area contributed by atoms with Crippen LogP contribution in [0.15, 0.2) is 29.2 Å². The number of hydrogen-bond donors (Lipinski definition) is 2. The maximum atomic E-state index is 12.2. The molecule has 112 valence electrons. The average Bonchev–Trinajstić information content (AvgIpc) is 2.46. The fourth-order valence-electron chi connectivity index (χ4n) is 2.71. The zero-order valence-electron chi connectivity index (χ0n) is 11.3. The quantitative estimate of drug-likeness (QED) is 0.734. The monoisotopic (exact) mass is 409 g/mol. The molecule has 1 fully saturated rings. The molecule has 1 aromatic carbocycles. The van der Waals surface area contributed by atoms with Gasteiger partial charge in [-0.1, -0.05) is 12.8 Å². The van der Waals surface area contributed by atoms with Gasteiger partial charge in [-0.3, -0.25) is 0 Å². The summed E-state index contributed by atoms with van der Waals surface area (Å²) >= 11 is 2.15. The smallest absolute Gasteiger partial charge is 0.240 e. The molecule has 2 unspecified atom stereocenters. The number of benzene rings is 1. The zero-order valence-corrected chi connectivity index (χ0v) is 14.2. The lowest BCUT2D eigenvalue weighted by Gasteiger charge is -2.30. The Labute approximate surface area is 134 Å². The van der Waals surface area contributed by atoms with Gasteiger partial charge in [-0.05, 0) is 71.5 Å². The highest BCUT2D eigenvalue weighted by molar-refractivity contribution is 14.1. The van der Waals surface area contributed by atoms with E-state index in [1.165, 1.54) is 0 Å². The predicted molar refractivity (Wildman–Crippen MR) is 86.9 cm³/mol. The van der Waals surface area contributed by atoms with Crippen LogP contribution in [0.2, 0.25) is 0 Å². The first-order chi connectivity index (χ1) is 9.53. The van der Waals surface area contributed by atoms with E-state index in [4.69, 9.17) is 0 Å². The molecule has 2 N–H and O–H groups in total. The maximum absolute atomic E-state index is 12.2. The van der Waals surface area contributed by atoms with Crippen molar-refractivity contribution in [2.45, 2.75) is 30.6 Å². The van der Waals surface area contributed by atoms with E-state index in [0.717, 1.165) is 29.3 Å². The largest absolute Gasteiger partial charge is 0.396 e. The van der Waals surface area contributed by atoms with Crippen molar-refractivity contribution in [3.05, 3.63) is 27.8 Å². The number of aliphatic hydroxyl groups excluding tert-OH is 1. The summed E-state index contributed by atoms with van der Waals surface area (Å²) in [5.41, 5.74) is 0. The molecule has 2 atom stereocenters. The number of halogens is 1. The Morgan fingerprint density at radius 3 is 2.35 bits per heavy atom. The molecule has 1 aliphatic rings. The minimum atomic E-state index is -3.44. The summed E-state index contributed by atoms with van der Waals surface area (Å²) in [6, 6.07) is 6.81. The summed E-state index contributed by atoms with van der Waals surface area (Å²) in [7, 11) is -3.44. The third-order valence-electron chi connectivity index (χ3n) is 3.96.